The van der Waals surface area contributed by atoms with E-state index in [1.165, 1.54) is 30.2 Å². The number of hydrogen-bond donors (Lipinski definition) is 4. The van der Waals surface area contributed by atoms with Gasteiger partial charge in [0.15, 0.2) is 0 Å². The van der Waals surface area contributed by atoms with Crippen LogP contribution in [0.1, 0.15) is 67.7 Å². The number of nitrogens with one attached hydrogen (secondary N) is 3. The largest absolute Gasteiger partial charge is 0.384 e. The van der Waals surface area contributed by atoms with Crippen molar-refractivity contribution < 1.29 is 9.90 Å². The number of fused-ring (bicyclic) bond motifs is 1. The fourth-order valence-electron chi connectivity index (χ4n) is 4.47. The molecular formula is C30H39N7O2. The van der Waals surface area contributed by atoms with Crippen molar-refractivity contribution in [3.63, 3.8) is 0 Å². The number of benzene rings is 1. The number of hydrogen-bond acceptors (Lipinski definition) is 8. The monoisotopic (exact) mass is 529 g/mol. The normalized spacial score (nSPS) is 14.9. The van der Waals surface area contributed by atoms with Crippen molar-refractivity contribution in [3.05, 3.63) is 77.6 Å². The fourth-order valence-corrected chi connectivity index (χ4v) is 4.47. The van der Waals surface area contributed by atoms with Crippen LogP contribution in [-0.4, -0.2) is 50.0 Å². The Morgan fingerprint density at radius 1 is 1.15 bits per heavy atom. The Bertz CT molecular complexity index is 1310. The van der Waals surface area contributed by atoms with Crippen molar-refractivity contribution in [3.8, 4) is 0 Å². The van der Waals surface area contributed by atoms with Crippen LogP contribution >= 0.6 is 0 Å². The molecule has 4 N–H and O–H groups in total. The minimum absolute atomic E-state index is 0.272. The quantitative estimate of drug-likeness (QED) is 0.285. The van der Waals surface area contributed by atoms with Gasteiger partial charge < -0.3 is 21.1 Å². The van der Waals surface area contributed by atoms with E-state index in [2.05, 4.69) is 54.5 Å². The standard InChI is InChI=1S/C28H33N7O2.C2H6/c1-4-13-29-26(36)22-16-30-27(34-25(22)33-24-7-5-6-23(32-24)28(2,3)37)31-20-9-8-18-12-14-35(21-10-11-21)17-19(18)15-20;1-2/h4-9,15-16,21,37H,1,10-14,17H2,2-3H3,(H,29,36)(H2,30,31,32,33,34);1-2H3. The van der Waals surface area contributed by atoms with Crippen LogP contribution in [0.15, 0.2) is 55.3 Å². The van der Waals surface area contributed by atoms with E-state index in [0.29, 0.717) is 29.8 Å². The van der Waals surface area contributed by atoms with Gasteiger partial charge in [-0.05, 0) is 68.5 Å². The number of aromatic nitrogens is 3. The first-order valence-corrected chi connectivity index (χ1v) is 13.7. The van der Waals surface area contributed by atoms with Gasteiger partial charge in [0, 0.05) is 37.6 Å². The fraction of sp³-hybridized carbons (Fsp3) is 0.400. The van der Waals surface area contributed by atoms with Crippen LogP contribution < -0.4 is 16.0 Å². The number of rotatable bonds is 9. The van der Waals surface area contributed by atoms with Crippen molar-refractivity contribution in [2.75, 3.05) is 23.7 Å². The van der Waals surface area contributed by atoms with Gasteiger partial charge in [-0.1, -0.05) is 32.1 Å². The second-order valence-electron chi connectivity index (χ2n) is 10.1. The van der Waals surface area contributed by atoms with Gasteiger partial charge in [-0.3, -0.25) is 9.69 Å². The Morgan fingerprint density at radius 3 is 2.67 bits per heavy atom. The van der Waals surface area contributed by atoms with Gasteiger partial charge in [0.25, 0.3) is 5.91 Å². The lowest BCUT2D eigenvalue weighted by Crippen LogP contribution is -2.32. The van der Waals surface area contributed by atoms with E-state index in [0.717, 1.165) is 31.2 Å². The zero-order valence-corrected chi connectivity index (χ0v) is 23.3. The van der Waals surface area contributed by atoms with Gasteiger partial charge in [-0.15, -0.1) is 6.58 Å². The topological polar surface area (TPSA) is 115 Å². The lowest BCUT2D eigenvalue weighted by atomic mass is 9.99. The zero-order valence-electron chi connectivity index (χ0n) is 23.3. The Kier molecular flexibility index (Phi) is 8.93. The van der Waals surface area contributed by atoms with Crippen LogP contribution in [0, 0.1) is 0 Å². The zero-order chi connectivity index (χ0) is 28.0. The van der Waals surface area contributed by atoms with Crippen LogP contribution in [0.3, 0.4) is 0 Å². The van der Waals surface area contributed by atoms with Crippen LogP contribution in [0.5, 0.6) is 0 Å². The molecule has 3 heterocycles. The van der Waals surface area contributed by atoms with E-state index in [1.807, 2.05) is 19.9 Å². The summed E-state index contributed by atoms with van der Waals surface area (Å²) in [5, 5.41) is 19.6. The summed E-state index contributed by atoms with van der Waals surface area (Å²) >= 11 is 0. The first kappa shape index (κ1) is 28.2. The molecular weight excluding hydrogens is 490 g/mol. The van der Waals surface area contributed by atoms with E-state index in [9.17, 15) is 9.90 Å². The minimum Gasteiger partial charge on any atom is -0.384 e. The second-order valence-corrected chi connectivity index (χ2v) is 10.1. The van der Waals surface area contributed by atoms with Crippen LogP contribution in [0.25, 0.3) is 0 Å². The third-order valence-electron chi connectivity index (χ3n) is 6.63. The van der Waals surface area contributed by atoms with Crippen molar-refractivity contribution in [2.45, 2.75) is 65.1 Å². The van der Waals surface area contributed by atoms with Crippen molar-refractivity contribution >= 4 is 29.2 Å². The number of carbonyl (C=O) groups is 1. The summed E-state index contributed by atoms with van der Waals surface area (Å²) < 4.78 is 0. The van der Waals surface area contributed by atoms with Crippen LogP contribution in [0.2, 0.25) is 0 Å². The van der Waals surface area contributed by atoms with Gasteiger partial charge in [-0.2, -0.15) is 4.98 Å². The Hall–Kier alpha value is -3.82. The molecule has 0 unspecified atom stereocenters. The highest BCUT2D eigenvalue weighted by atomic mass is 16.3. The summed E-state index contributed by atoms with van der Waals surface area (Å²) in [4.78, 5) is 28.9. The number of anilines is 4. The molecule has 5 rings (SSSR count). The van der Waals surface area contributed by atoms with Crippen molar-refractivity contribution in [2.24, 2.45) is 0 Å². The van der Waals surface area contributed by atoms with Gasteiger partial charge in [0.1, 0.15) is 22.8 Å². The maximum Gasteiger partial charge on any atom is 0.256 e. The maximum absolute atomic E-state index is 12.8. The van der Waals surface area contributed by atoms with Crippen molar-refractivity contribution in [1.29, 1.82) is 0 Å². The summed E-state index contributed by atoms with van der Waals surface area (Å²) in [5.74, 6) is 0.783. The number of pyridine rings is 1. The molecule has 0 saturated heterocycles. The smallest absolute Gasteiger partial charge is 0.256 e. The molecule has 2 aliphatic rings. The molecule has 1 amide bonds. The molecule has 3 aromatic rings. The van der Waals surface area contributed by atoms with Gasteiger partial charge in [-0.25, -0.2) is 9.97 Å². The first-order valence-electron chi connectivity index (χ1n) is 13.7. The molecule has 206 valence electrons. The molecule has 2 aromatic heterocycles. The highest BCUT2D eigenvalue weighted by molar-refractivity contribution is 5.99. The highest BCUT2D eigenvalue weighted by Gasteiger charge is 2.31. The SMILES string of the molecule is C=CCNC(=O)c1cnc(Nc2ccc3c(c2)CN(C2CC2)CC3)nc1Nc1cccc(C(C)(C)O)n1.CC. The number of carbonyl (C=O) groups excluding carboxylic acids is 1. The van der Waals surface area contributed by atoms with E-state index >= 15 is 0 Å². The number of aliphatic hydroxyl groups is 1. The molecule has 9 nitrogen and oxygen atoms in total. The Morgan fingerprint density at radius 2 is 1.95 bits per heavy atom. The van der Waals surface area contributed by atoms with Gasteiger partial charge >= 0.3 is 0 Å². The van der Waals surface area contributed by atoms with E-state index < -0.39 is 5.60 Å². The summed E-state index contributed by atoms with van der Waals surface area (Å²) in [6.07, 6.45) is 6.77. The second kappa shape index (κ2) is 12.4. The highest BCUT2D eigenvalue weighted by Crippen LogP contribution is 2.33. The first-order chi connectivity index (χ1) is 18.8. The van der Waals surface area contributed by atoms with Gasteiger partial charge in [0.2, 0.25) is 5.95 Å². The van der Waals surface area contributed by atoms with Crippen molar-refractivity contribution in [1.82, 2.24) is 25.2 Å². The molecule has 1 saturated carbocycles. The van der Waals surface area contributed by atoms with Crippen LogP contribution in [-0.2, 0) is 18.6 Å². The molecule has 9 heteroatoms. The summed E-state index contributed by atoms with van der Waals surface area (Å²) in [6.45, 7) is 13.4. The van der Waals surface area contributed by atoms with E-state index in [1.54, 1.807) is 38.1 Å². The third kappa shape index (κ3) is 7.19. The summed E-state index contributed by atoms with van der Waals surface area (Å²) in [6, 6.07) is 12.4. The predicted octanol–water partition coefficient (Wildman–Crippen LogP) is 5.05. The van der Waals surface area contributed by atoms with Gasteiger partial charge in [0.05, 0.1) is 5.69 Å². The third-order valence-corrected chi connectivity index (χ3v) is 6.63. The molecule has 0 atom stereocenters. The summed E-state index contributed by atoms with van der Waals surface area (Å²) in [7, 11) is 0. The molecule has 1 fully saturated rings. The maximum atomic E-state index is 12.8. The lowest BCUT2D eigenvalue weighted by molar-refractivity contribution is 0.0740. The average Bonchev–Trinajstić information content (AvgIpc) is 3.78. The Balaban J connectivity index is 0.00000172. The molecule has 0 bridgehead atoms. The minimum atomic E-state index is -1.11. The number of nitrogens with zero attached hydrogens (tertiary/aromatic N) is 4. The molecule has 1 aliphatic carbocycles. The molecule has 1 aliphatic heterocycles. The molecule has 39 heavy (non-hydrogen) atoms. The van der Waals surface area contributed by atoms with E-state index in [4.69, 9.17) is 0 Å². The molecule has 0 radical (unpaired) electrons. The van der Waals surface area contributed by atoms with Crippen LogP contribution in [0.4, 0.5) is 23.3 Å². The Labute approximate surface area is 230 Å². The summed E-state index contributed by atoms with van der Waals surface area (Å²) in [5.41, 5.74) is 3.27. The predicted molar refractivity (Wildman–Crippen MR) is 156 cm³/mol. The molecule has 1 aromatic carbocycles. The average molecular weight is 530 g/mol. The number of amides is 1. The van der Waals surface area contributed by atoms with E-state index in [-0.39, 0.29) is 11.5 Å². The molecule has 0 spiro atoms. The lowest BCUT2D eigenvalue weighted by Gasteiger charge is -2.29.